The molecular formula is C30H29N3O3. The summed E-state index contributed by atoms with van der Waals surface area (Å²) in [5.41, 5.74) is 5.96. The third-order valence-corrected chi connectivity index (χ3v) is 5.82. The van der Waals surface area contributed by atoms with Crippen molar-refractivity contribution >= 4 is 5.97 Å². The smallest absolute Gasteiger partial charge is 0.335 e. The number of ether oxygens (including phenoxy) is 1. The molecule has 0 unspecified atom stereocenters. The molecule has 3 aromatic carbocycles. The van der Waals surface area contributed by atoms with E-state index in [1.807, 2.05) is 42.8 Å². The largest absolute Gasteiger partial charge is 0.491 e. The number of aromatic carboxylic acids is 1. The third kappa shape index (κ3) is 5.31. The zero-order valence-electron chi connectivity index (χ0n) is 21.1. The summed E-state index contributed by atoms with van der Waals surface area (Å²) in [5, 5.41) is 23.4. The van der Waals surface area contributed by atoms with Gasteiger partial charge in [0, 0.05) is 11.1 Å². The Kier molecular flexibility index (Phi) is 6.67. The number of hydrogen-bond acceptors (Lipinski definition) is 4. The number of nitrogens with zero attached hydrogens (tertiary/aromatic N) is 3. The van der Waals surface area contributed by atoms with Crippen LogP contribution in [0.4, 0.5) is 0 Å². The van der Waals surface area contributed by atoms with E-state index in [9.17, 15) is 15.2 Å². The quantitative estimate of drug-likeness (QED) is 0.326. The van der Waals surface area contributed by atoms with E-state index in [2.05, 4.69) is 39.0 Å². The topological polar surface area (TPSA) is 88.1 Å². The van der Waals surface area contributed by atoms with Crippen LogP contribution in [0.25, 0.3) is 28.2 Å². The molecule has 1 heterocycles. The van der Waals surface area contributed by atoms with Crippen molar-refractivity contribution in [2.45, 2.75) is 46.1 Å². The highest BCUT2D eigenvalue weighted by atomic mass is 16.5. The average Bonchev–Trinajstić information content (AvgIpc) is 3.28. The molecule has 0 atom stereocenters. The highest BCUT2D eigenvalue weighted by molar-refractivity contribution is 5.88. The monoisotopic (exact) mass is 479 g/mol. The predicted octanol–water partition coefficient (Wildman–Crippen LogP) is 6.86. The lowest BCUT2D eigenvalue weighted by atomic mass is 9.85. The van der Waals surface area contributed by atoms with Gasteiger partial charge in [0.1, 0.15) is 5.75 Å². The lowest BCUT2D eigenvalue weighted by molar-refractivity contribution is 0.0697. The maximum Gasteiger partial charge on any atom is 0.335 e. The summed E-state index contributed by atoms with van der Waals surface area (Å²) in [6, 6.07) is 24.3. The van der Waals surface area contributed by atoms with E-state index < -0.39 is 5.97 Å². The van der Waals surface area contributed by atoms with Gasteiger partial charge in [-0.3, -0.25) is 0 Å². The lowest BCUT2D eigenvalue weighted by Gasteiger charge is -2.22. The molecule has 0 aliphatic rings. The van der Waals surface area contributed by atoms with Crippen molar-refractivity contribution in [3.05, 3.63) is 89.5 Å². The van der Waals surface area contributed by atoms with Crippen LogP contribution in [0.15, 0.2) is 72.8 Å². The molecule has 0 fully saturated rings. The summed E-state index contributed by atoms with van der Waals surface area (Å²) in [4.78, 5) is 11.3. The van der Waals surface area contributed by atoms with Crippen molar-refractivity contribution in [3.8, 4) is 40.0 Å². The van der Waals surface area contributed by atoms with Crippen LogP contribution < -0.4 is 4.74 Å². The standard InChI is InChI=1S/C30H29N3O3/c1-19(2)36-26-15-23(14-24(16-26)30(3,4)5)28-17-27(21-8-10-22(11-9-21)29(34)35)32-33(28)25-12-6-20(18-31)7-13-25/h6-17,19H,1-5H3,(H,34,35). The Labute approximate surface area is 211 Å². The molecule has 1 aromatic heterocycles. The molecule has 0 spiro atoms. The molecule has 0 bridgehead atoms. The van der Waals surface area contributed by atoms with Crippen molar-refractivity contribution in [3.63, 3.8) is 0 Å². The number of carbonyl (C=O) groups is 1. The maximum absolute atomic E-state index is 11.3. The molecule has 0 amide bonds. The minimum Gasteiger partial charge on any atom is -0.491 e. The van der Waals surface area contributed by atoms with Crippen LogP contribution in [0.2, 0.25) is 0 Å². The van der Waals surface area contributed by atoms with Crippen molar-refractivity contribution in [2.75, 3.05) is 0 Å². The SMILES string of the molecule is CC(C)Oc1cc(-c2cc(-c3ccc(C(=O)O)cc3)nn2-c2ccc(C#N)cc2)cc(C(C)(C)C)c1. The summed E-state index contributed by atoms with van der Waals surface area (Å²) >= 11 is 0. The second kappa shape index (κ2) is 9.71. The number of hydrogen-bond donors (Lipinski definition) is 1. The van der Waals surface area contributed by atoms with E-state index in [1.54, 1.807) is 36.4 Å². The fraction of sp³-hybridized carbons (Fsp3) is 0.233. The molecule has 4 aromatic rings. The first kappa shape index (κ1) is 24.7. The number of aromatic nitrogens is 2. The Balaban J connectivity index is 1.92. The van der Waals surface area contributed by atoms with Gasteiger partial charge in [-0.2, -0.15) is 10.4 Å². The van der Waals surface area contributed by atoms with Gasteiger partial charge in [0.05, 0.1) is 40.4 Å². The Hall–Kier alpha value is -4.37. The second-order valence-corrected chi connectivity index (χ2v) is 10.0. The normalized spacial score (nSPS) is 11.4. The summed E-state index contributed by atoms with van der Waals surface area (Å²) in [5.74, 6) is -0.186. The zero-order chi connectivity index (χ0) is 26.0. The molecule has 6 nitrogen and oxygen atoms in total. The van der Waals surface area contributed by atoms with Crippen LogP contribution in [0.1, 0.15) is 56.1 Å². The summed E-state index contributed by atoms with van der Waals surface area (Å²) in [7, 11) is 0. The first-order valence-electron chi connectivity index (χ1n) is 11.8. The average molecular weight is 480 g/mol. The van der Waals surface area contributed by atoms with Crippen LogP contribution in [0, 0.1) is 11.3 Å². The first-order valence-corrected chi connectivity index (χ1v) is 11.8. The van der Waals surface area contributed by atoms with E-state index in [1.165, 1.54) is 0 Å². The van der Waals surface area contributed by atoms with Gasteiger partial charge in [0.2, 0.25) is 0 Å². The van der Waals surface area contributed by atoms with Gasteiger partial charge in [-0.1, -0.05) is 32.9 Å². The van der Waals surface area contributed by atoms with Crippen LogP contribution in [0.5, 0.6) is 5.75 Å². The highest BCUT2D eigenvalue weighted by Gasteiger charge is 2.20. The van der Waals surface area contributed by atoms with Gasteiger partial charge >= 0.3 is 5.97 Å². The number of carboxylic acids is 1. The molecule has 182 valence electrons. The Bertz CT molecular complexity index is 1440. The zero-order valence-corrected chi connectivity index (χ0v) is 21.1. The van der Waals surface area contributed by atoms with E-state index in [4.69, 9.17) is 9.84 Å². The molecule has 1 N–H and O–H groups in total. The summed E-state index contributed by atoms with van der Waals surface area (Å²) in [6.45, 7) is 10.5. The van der Waals surface area contributed by atoms with E-state index in [-0.39, 0.29) is 17.1 Å². The summed E-state index contributed by atoms with van der Waals surface area (Å²) in [6.07, 6.45) is 0.0276. The summed E-state index contributed by atoms with van der Waals surface area (Å²) < 4.78 is 7.94. The molecule has 0 saturated carbocycles. The van der Waals surface area contributed by atoms with Crippen LogP contribution >= 0.6 is 0 Å². The maximum atomic E-state index is 11.3. The van der Waals surface area contributed by atoms with E-state index in [0.29, 0.717) is 11.3 Å². The van der Waals surface area contributed by atoms with E-state index in [0.717, 1.165) is 33.8 Å². The third-order valence-electron chi connectivity index (χ3n) is 5.82. The van der Waals surface area contributed by atoms with Crippen LogP contribution in [-0.4, -0.2) is 27.0 Å². The van der Waals surface area contributed by atoms with Crippen LogP contribution in [0.3, 0.4) is 0 Å². The van der Waals surface area contributed by atoms with E-state index >= 15 is 0 Å². The molecule has 0 aliphatic carbocycles. The van der Waals surface area contributed by atoms with Gasteiger partial charge < -0.3 is 9.84 Å². The molecular weight excluding hydrogens is 450 g/mol. The fourth-order valence-electron chi connectivity index (χ4n) is 3.91. The Morgan fingerprint density at radius 1 is 0.972 bits per heavy atom. The second-order valence-electron chi connectivity index (χ2n) is 10.0. The van der Waals surface area contributed by atoms with Crippen molar-refractivity contribution < 1.29 is 14.6 Å². The van der Waals surface area contributed by atoms with Crippen molar-refractivity contribution in [1.82, 2.24) is 9.78 Å². The minimum atomic E-state index is -0.970. The predicted molar refractivity (Wildman–Crippen MR) is 141 cm³/mol. The number of benzene rings is 3. The number of rotatable bonds is 6. The molecule has 36 heavy (non-hydrogen) atoms. The molecule has 0 saturated heterocycles. The van der Waals surface area contributed by atoms with Gasteiger partial charge in [0.15, 0.2) is 0 Å². The Morgan fingerprint density at radius 2 is 1.64 bits per heavy atom. The van der Waals surface area contributed by atoms with Gasteiger partial charge in [0.25, 0.3) is 0 Å². The lowest BCUT2D eigenvalue weighted by Crippen LogP contribution is -2.13. The highest BCUT2D eigenvalue weighted by Crippen LogP contribution is 2.35. The fourth-order valence-corrected chi connectivity index (χ4v) is 3.91. The molecule has 6 heteroatoms. The van der Waals surface area contributed by atoms with Gasteiger partial charge in [-0.15, -0.1) is 0 Å². The van der Waals surface area contributed by atoms with Crippen molar-refractivity contribution in [1.29, 1.82) is 5.26 Å². The van der Waals surface area contributed by atoms with Gasteiger partial charge in [-0.05, 0) is 85.5 Å². The number of nitriles is 1. The molecule has 0 radical (unpaired) electrons. The molecule has 0 aliphatic heterocycles. The molecule has 4 rings (SSSR count). The number of carboxylic acid groups (broad SMARTS) is 1. The van der Waals surface area contributed by atoms with Gasteiger partial charge in [-0.25, -0.2) is 9.48 Å². The minimum absolute atomic E-state index is 0.0276. The van der Waals surface area contributed by atoms with Crippen LogP contribution in [-0.2, 0) is 5.41 Å². The first-order chi connectivity index (χ1) is 17.0. The Morgan fingerprint density at radius 3 is 2.19 bits per heavy atom. The van der Waals surface area contributed by atoms with Crippen molar-refractivity contribution in [2.24, 2.45) is 0 Å².